The van der Waals surface area contributed by atoms with Crippen LogP contribution < -0.4 is 14.4 Å². The first kappa shape index (κ1) is 21.4. The van der Waals surface area contributed by atoms with Gasteiger partial charge >= 0.3 is 0 Å². The van der Waals surface area contributed by atoms with Gasteiger partial charge in [0.2, 0.25) is 0 Å². The van der Waals surface area contributed by atoms with E-state index in [4.69, 9.17) is 16.3 Å². The van der Waals surface area contributed by atoms with E-state index in [0.717, 1.165) is 13.0 Å². The van der Waals surface area contributed by atoms with Crippen molar-refractivity contribution < 1.29 is 17.9 Å². The van der Waals surface area contributed by atoms with Crippen LogP contribution in [0.3, 0.4) is 0 Å². The predicted octanol–water partition coefficient (Wildman–Crippen LogP) is 2.36. The highest BCUT2D eigenvalue weighted by atomic mass is 35.5. The molecule has 9 heteroatoms. The highest BCUT2D eigenvalue weighted by Gasteiger charge is 2.37. The zero-order valence-corrected chi connectivity index (χ0v) is 17.9. The van der Waals surface area contributed by atoms with Gasteiger partial charge in [-0.1, -0.05) is 23.7 Å². The van der Waals surface area contributed by atoms with Crippen LogP contribution in [0.5, 0.6) is 5.75 Å². The second-order valence-electron chi connectivity index (χ2n) is 7.01. The summed E-state index contributed by atoms with van der Waals surface area (Å²) in [5.74, 6) is 0.0132. The van der Waals surface area contributed by atoms with E-state index in [9.17, 15) is 13.2 Å². The molecule has 1 aliphatic rings. The molecule has 0 saturated heterocycles. The predicted molar refractivity (Wildman–Crippen MR) is 113 cm³/mol. The van der Waals surface area contributed by atoms with Crippen LogP contribution in [0.2, 0.25) is 5.02 Å². The van der Waals surface area contributed by atoms with Crippen LogP contribution in [0.15, 0.2) is 53.4 Å². The number of para-hydroxylation sites is 2. The Morgan fingerprint density at radius 3 is 2.59 bits per heavy atom. The second-order valence-corrected chi connectivity index (χ2v) is 9.31. The first-order chi connectivity index (χ1) is 13.8. The molecule has 0 unspecified atom stereocenters. The molecular formula is C20H24ClN3O4S. The van der Waals surface area contributed by atoms with Gasteiger partial charge in [-0.15, -0.1) is 0 Å². The maximum absolute atomic E-state index is 13.3. The van der Waals surface area contributed by atoms with Crippen molar-refractivity contribution in [1.82, 2.24) is 10.2 Å². The number of amides is 1. The van der Waals surface area contributed by atoms with Crippen LogP contribution in [-0.4, -0.2) is 59.1 Å². The van der Waals surface area contributed by atoms with Crippen molar-refractivity contribution in [3.63, 3.8) is 0 Å². The third-order valence-electron chi connectivity index (χ3n) is 4.51. The SMILES string of the molecule is CN(C)CCCNC(=O)[C@H]1CN(S(=O)(=O)c2ccc(Cl)cc2)c2ccccc2O1. The van der Waals surface area contributed by atoms with Crippen LogP contribution in [-0.2, 0) is 14.8 Å². The van der Waals surface area contributed by atoms with Crippen LogP contribution in [0.4, 0.5) is 5.69 Å². The molecule has 7 nitrogen and oxygen atoms in total. The van der Waals surface area contributed by atoms with Gasteiger partial charge in [0.1, 0.15) is 5.75 Å². The zero-order chi connectivity index (χ0) is 21.0. The van der Waals surface area contributed by atoms with E-state index < -0.39 is 16.1 Å². The largest absolute Gasteiger partial charge is 0.476 e. The molecule has 2 aromatic rings. The molecule has 29 heavy (non-hydrogen) atoms. The van der Waals surface area contributed by atoms with E-state index in [1.807, 2.05) is 19.0 Å². The summed E-state index contributed by atoms with van der Waals surface area (Å²) in [5, 5.41) is 3.27. The summed E-state index contributed by atoms with van der Waals surface area (Å²) in [6, 6.07) is 12.7. The van der Waals surface area contributed by atoms with Crippen molar-refractivity contribution in [2.24, 2.45) is 0 Å². The number of halogens is 1. The van der Waals surface area contributed by atoms with Gasteiger partial charge in [-0.25, -0.2) is 8.42 Å². The number of benzene rings is 2. The normalized spacial score (nSPS) is 16.3. The lowest BCUT2D eigenvalue weighted by atomic mass is 10.2. The molecule has 0 spiro atoms. The van der Waals surface area contributed by atoms with Crippen molar-refractivity contribution in [3.05, 3.63) is 53.6 Å². The summed E-state index contributed by atoms with van der Waals surface area (Å²) in [4.78, 5) is 14.7. The molecule has 156 valence electrons. The first-order valence-electron chi connectivity index (χ1n) is 9.25. The summed E-state index contributed by atoms with van der Waals surface area (Å²) in [5.41, 5.74) is 0.402. The number of fused-ring (bicyclic) bond motifs is 1. The maximum Gasteiger partial charge on any atom is 0.264 e. The van der Waals surface area contributed by atoms with Crippen LogP contribution in [0, 0.1) is 0 Å². The minimum Gasteiger partial charge on any atom is -0.476 e. The highest BCUT2D eigenvalue weighted by molar-refractivity contribution is 7.92. The quantitative estimate of drug-likeness (QED) is 0.673. The number of anilines is 1. The maximum atomic E-state index is 13.3. The molecule has 1 amide bonds. The highest BCUT2D eigenvalue weighted by Crippen LogP contribution is 2.36. The summed E-state index contributed by atoms with van der Waals surface area (Å²) < 4.78 is 33.5. The van der Waals surface area contributed by atoms with Crippen molar-refractivity contribution >= 4 is 33.2 Å². The standard InChI is InChI=1S/C20H24ClN3O4S/c1-23(2)13-5-12-22-20(25)19-14-24(17-6-3-4-7-18(17)28-19)29(26,27)16-10-8-15(21)9-11-16/h3-4,6-11,19H,5,12-14H2,1-2H3,(H,22,25)/t19-/m1/s1. The first-order valence-corrected chi connectivity index (χ1v) is 11.1. The second kappa shape index (κ2) is 9.02. The molecule has 1 N–H and O–H groups in total. The van der Waals surface area contributed by atoms with Crippen LogP contribution >= 0.6 is 11.6 Å². The Balaban J connectivity index is 1.83. The van der Waals surface area contributed by atoms with Crippen molar-refractivity contribution in [3.8, 4) is 5.75 Å². The molecule has 1 atom stereocenters. The third kappa shape index (κ3) is 5.01. The molecule has 2 aromatic carbocycles. The van der Waals surface area contributed by atoms with Gasteiger partial charge in [-0.05, 0) is 63.5 Å². The fourth-order valence-electron chi connectivity index (χ4n) is 3.02. The minimum absolute atomic E-state index is 0.101. The van der Waals surface area contributed by atoms with E-state index in [1.165, 1.54) is 28.6 Å². The molecule has 1 heterocycles. The monoisotopic (exact) mass is 437 g/mol. The van der Waals surface area contributed by atoms with Crippen molar-refractivity contribution in [2.75, 3.05) is 38.0 Å². The average Bonchev–Trinajstić information content (AvgIpc) is 2.70. The molecule has 3 rings (SSSR count). The summed E-state index contributed by atoms with van der Waals surface area (Å²) in [6.45, 7) is 1.22. The number of sulfonamides is 1. The Hall–Kier alpha value is -2.29. The Bertz CT molecular complexity index is 964. The van der Waals surface area contributed by atoms with Gasteiger partial charge in [0.15, 0.2) is 6.10 Å². The summed E-state index contributed by atoms with van der Waals surface area (Å²) in [7, 11) is 0.0346. The number of carbonyl (C=O) groups excluding carboxylic acids is 1. The van der Waals surface area contributed by atoms with E-state index >= 15 is 0 Å². The number of nitrogens with zero attached hydrogens (tertiary/aromatic N) is 2. The van der Waals surface area contributed by atoms with Gasteiger partial charge < -0.3 is 15.0 Å². The zero-order valence-electron chi connectivity index (χ0n) is 16.3. The lowest BCUT2D eigenvalue weighted by Gasteiger charge is -2.34. The Morgan fingerprint density at radius 2 is 1.90 bits per heavy atom. The van der Waals surface area contributed by atoms with Gasteiger partial charge in [0.25, 0.3) is 15.9 Å². The van der Waals surface area contributed by atoms with Crippen LogP contribution in [0.25, 0.3) is 0 Å². The van der Waals surface area contributed by atoms with E-state index in [1.54, 1.807) is 24.3 Å². The Labute approximate surface area is 176 Å². The number of ether oxygens (including phenoxy) is 1. The lowest BCUT2D eigenvalue weighted by molar-refractivity contribution is -0.127. The number of hydrogen-bond donors (Lipinski definition) is 1. The van der Waals surface area contributed by atoms with Gasteiger partial charge in [-0.2, -0.15) is 0 Å². The molecule has 0 fully saturated rings. The Kier molecular flexibility index (Phi) is 6.66. The van der Waals surface area contributed by atoms with E-state index in [-0.39, 0.29) is 17.3 Å². The van der Waals surface area contributed by atoms with Crippen molar-refractivity contribution in [1.29, 1.82) is 0 Å². The summed E-state index contributed by atoms with van der Waals surface area (Å²) in [6.07, 6.45) is -0.152. The molecule has 0 aromatic heterocycles. The molecule has 0 radical (unpaired) electrons. The van der Waals surface area contributed by atoms with E-state index in [2.05, 4.69) is 5.32 Å². The minimum atomic E-state index is -3.89. The number of hydrogen-bond acceptors (Lipinski definition) is 5. The molecule has 0 aliphatic carbocycles. The number of carbonyl (C=O) groups is 1. The van der Waals surface area contributed by atoms with E-state index in [0.29, 0.717) is 23.0 Å². The molecule has 0 bridgehead atoms. The van der Waals surface area contributed by atoms with Crippen LogP contribution in [0.1, 0.15) is 6.42 Å². The smallest absolute Gasteiger partial charge is 0.264 e. The van der Waals surface area contributed by atoms with Gasteiger partial charge in [0.05, 0.1) is 17.1 Å². The number of rotatable bonds is 7. The van der Waals surface area contributed by atoms with Crippen molar-refractivity contribution in [2.45, 2.75) is 17.4 Å². The molecule has 0 saturated carbocycles. The average molecular weight is 438 g/mol. The fraction of sp³-hybridized carbons (Fsp3) is 0.350. The van der Waals surface area contributed by atoms with Gasteiger partial charge in [0, 0.05) is 11.6 Å². The number of nitrogens with one attached hydrogen (secondary N) is 1. The molecular weight excluding hydrogens is 414 g/mol. The third-order valence-corrected chi connectivity index (χ3v) is 6.56. The lowest BCUT2D eigenvalue weighted by Crippen LogP contribution is -2.50. The molecule has 1 aliphatic heterocycles. The fourth-order valence-corrected chi connectivity index (χ4v) is 4.62. The topological polar surface area (TPSA) is 79.0 Å². The summed E-state index contributed by atoms with van der Waals surface area (Å²) >= 11 is 5.89. The van der Waals surface area contributed by atoms with Gasteiger partial charge in [-0.3, -0.25) is 9.10 Å². The Morgan fingerprint density at radius 1 is 1.21 bits per heavy atom.